The molecule has 0 fully saturated rings. The molecule has 0 aromatic rings. The number of rotatable bonds is 40. The van der Waals surface area contributed by atoms with Gasteiger partial charge in [0.25, 0.3) is 0 Å². The minimum Gasteiger partial charge on any atom is -0.550 e. The van der Waals surface area contributed by atoms with Crippen LogP contribution in [-0.4, -0.2) is 36.8 Å². The maximum absolute atomic E-state index is 11.3. The summed E-state index contributed by atoms with van der Waals surface area (Å²) in [5.74, 6) is -2.70. The Kier molecular flexibility index (Phi) is 59.3. The summed E-state index contributed by atoms with van der Waals surface area (Å²) >= 11 is 0. The predicted molar refractivity (Wildman–Crippen MR) is 214 cm³/mol. The zero-order chi connectivity index (χ0) is 38.6. The number of nitrogens with one attached hydrogen (secondary N) is 2. The van der Waals surface area contributed by atoms with E-state index in [4.69, 9.17) is 0 Å². The van der Waals surface area contributed by atoms with Gasteiger partial charge in [-0.2, -0.15) is 0 Å². The molecule has 0 unspecified atom stereocenters. The van der Waals surface area contributed by atoms with Crippen molar-refractivity contribution in [3.63, 3.8) is 0 Å². The fourth-order valence-electron chi connectivity index (χ4n) is 6.41. The van der Waals surface area contributed by atoms with Gasteiger partial charge < -0.3 is 30.4 Å². The number of carbonyl (C=O) groups excluding carboxylic acids is 4. The summed E-state index contributed by atoms with van der Waals surface area (Å²) in [7, 11) is 0. The third kappa shape index (κ3) is 58.6. The molecule has 8 nitrogen and oxygen atoms in total. The van der Waals surface area contributed by atoms with E-state index in [0.29, 0.717) is 13.1 Å². The first-order valence-electron chi connectivity index (χ1n) is 22.3. The molecular formula is C44H84N2Na2O6. The minimum atomic E-state index is -1.16. The monoisotopic (exact) mass is 783 g/mol. The molecule has 0 heterocycles. The van der Waals surface area contributed by atoms with Crippen molar-refractivity contribution in [2.45, 2.75) is 245 Å². The van der Waals surface area contributed by atoms with Crippen molar-refractivity contribution in [1.29, 1.82) is 0 Å². The zero-order valence-electron chi connectivity index (χ0n) is 36.3. The summed E-state index contributed by atoms with van der Waals surface area (Å²) < 4.78 is 0. The van der Waals surface area contributed by atoms with E-state index in [0.717, 1.165) is 25.7 Å². The van der Waals surface area contributed by atoms with E-state index >= 15 is 0 Å². The van der Waals surface area contributed by atoms with Crippen LogP contribution in [0.25, 0.3) is 0 Å². The van der Waals surface area contributed by atoms with E-state index in [2.05, 4.69) is 24.5 Å². The van der Waals surface area contributed by atoms with Crippen LogP contribution in [0.5, 0.6) is 0 Å². The van der Waals surface area contributed by atoms with Crippen molar-refractivity contribution in [1.82, 2.24) is 10.6 Å². The number of unbranched alkanes of at least 4 members (excludes halogenated alkanes) is 30. The van der Waals surface area contributed by atoms with E-state index in [1.54, 1.807) is 0 Å². The summed E-state index contributed by atoms with van der Waals surface area (Å²) in [6.45, 7) is 5.85. The Balaban J connectivity index is -0.000000446. The number of hydrogen-bond donors (Lipinski definition) is 2. The molecule has 0 bridgehead atoms. The molecule has 0 saturated carbocycles. The Bertz CT molecular complexity index is 739. The predicted octanol–water partition coefficient (Wildman–Crippen LogP) is 3.80. The van der Waals surface area contributed by atoms with Gasteiger partial charge in [-0.05, 0) is 25.7 Å². The summed E-state index contributed by atoms with van der Waals surface area (Å²) in [6, 6.07) is 0. The molecular weight excluding hydrogens is 698 g/mol. The number of aliphatic carboxylic acids is 2. The van der Waals surface area contributed by atoms with Crippen molar-refractivity contribution in [3.05, 3.63) is 0 Å². The topological polar surface area (TPSA) is 138 Å². The Labute approximate surface area is 378 Å². The fourth-order valence-corrected chi connectivity index (χ4v) is 6.41. The first kappa shape index (κ1) is 60.6. The largest absolute Gasteiger partial charge is 1.00 e. The van der Waals surface area contributed by atoms with Crippen LogP contribution in [0.4, 0.5) is 0 Å². The van der Waals surface area contributed by atoms with Gasteiger partial charge in [0.15, 0.2) is 0 Å². The van der Waals surface area contributed by atoms with Crippen LogP contribution in [-0.2, 0) is 19.2 Å². The molecule has 0 aliphatic rings. The van der Waals surface area contributed by atoms with E-state index in [1.165, 1.54) is 180 Å². The zero-order valence-corrected chi connectivity index (χ0v) is 40.3. The van der Waals surface area contributed by atoms with E-state index < -0.39 is 11.9 Å². The van der Waals surface area contributed by atoms with E-state index in [1.807, 2.05) is 0 Å². The van der Waals surface area contributed by atoms with Crippen LogP contribution in [0.3, 0.4) is 0 Å². The molecule has 0 aromatic heterocycles. The smallest absolute Gasteiger partial charge is 0.550 e. The van der Waals surface area contributed by atoms with Crippen LogP contribution in [0.2, 0.25) is 0 Å². The summed E-state index contributed by atoms with van der Waals surface area (Å²) in [5, 5.41) is 26.0. The Morgan fingerprint density at radius 2 is 0.500 bits per heavy atom. The number of hydrogen-bond acceptors (Lipinski definition) is 6. The molecule has 54 heavy (non-hydrogen) atoms. The van der Waals surface area contributed by atoms with Crippen LogP contribution < -0.4 is 80.0 Å². The van der Waals surface area contributed by atoms with E-state index in [-0.39, 0.29) is 96.6 Å². The van der Waals surface area contributed by atoms with Gasteiger partial charge >= 0.3 is 59.1 Å². The van der Waals surface area contributed by atoms with Crippen molar-refractivity contribution >= 4 is 23.8 Å². The Hall–Kier alpha value is -0.120. The van der Waals surface area contributed by atoms with Gasteiger partial charge in [-0.25, -0.2) is 0 Å². The van der Waals surface area contributed by atoms with Gasteiger partial charge in [-0.3, -0.25) is 9.59 Å². The van der Waals surface area contributed by atoms with Crippen molar-refractivity contribution in [2.24, 2.45) is 0 Å². The average Bonchev–Trinajstić information content (AvgIpc) is 3.12. The molecule has 0 saturated heterocycles. The maximum atomic E-state index is 11.3. The fraction of sp³-hybridized carbons (Fsp3) is 0.909. The first-order chi connectivity index (χ1) is 25.3. The molecule has 308 valence electrons. The van der Waals surface area contributed by atoms with Crippen molar-refractivity contribution in [2.75, 3.05) is 13.1 Å². The second-order valence-corrected chi connectivity index (χ2v) is 15.1. The van der Waals surface area contributed by atoms with Gasteiger partial charge in [0.2, 0.25) is 11.8 Å². The van der Waals surface area contributed by atoms with Crippen LogP contribution >= 0.6 is 0 Å². The molecule has 10 heteroatoms. The molecule has 2 N–H and O–H groups in total. The number of carboxylic acid groups (broad SMARTS) is 2. The van der Waals surface area contributed by atoms with E-state index in [9.17, 15) is 29.4 Å². The van der Waals surface area contributed by atoms with Gasteiger partial charge in [0, 0.05) is 37.9 Å². The van der Waals surface area contributed by atoms with Gasteiger partial charge in [-0.1, -0.05) is 206 Å². The molecule has 0 rings (SSSR count). The molecule has 0 aliphatic carbocycles. The van der Waals surface area contributed by atoms with Crippen LogP contribution in [0, 0.1) is 0 Å². The maximum Gasteiger partial charge on any atom is 1.00 e. The van der Waals surface area contributed by atoms with Crippen LogP contribution in [0.15, 0.2) is 0 Å². The summed E-state index contributed by atoms with van der Waals surface area (Å²) in [6.07, 6.45) is 42.4. The molecule has 2 amide bonds. The third-order valence-corrected chi connectivity index (χ3v) is 9.82. The molecule has 0 aliphatic heterocycles. The molecule has 0 atom stereocenters. The van der Waals surface area contributed by atoms with Crippen LogP contribution in [0.1, 0.15) is 245 Å². The number of carboxylic acids is 2. The SMILES string of the molecule is CCCCCCCCCCCCCCCCCCNC(=O)CCC(=O)[O-].CCCCCCCCCCCCCCCCCCNC(=O)CCC(=O)[O-].[Na+].[Na+]. The van der Waals surface area contributed by atoms with Crippen molar-refractivity contribution in [3.8, 4) is 0 Å². The van der Waals surface area contributed by atoms with Gasteiger partial charge in [0.1, 0.15) is 0 Å². The van der Waals surface area contributed by atoms with Crippen molar-refractivity contribution < 1.29 is 88.5 Å². The summed E-state index contributed by atoms with van der Waals surface area (Å²) in [5.41, 5.74) is 0. The third-order valence-electron chi connectivity index (χ3n) is 9.82. The summed E-state index contributed by atoms with van der Waals surface area (Å²) in [4.78, 5) is 43.1. The standard InChI is InChI=1S/2C22H43NO3.2Na/c2*1-2-3-4-5-6-7-8-9-10-11-12-13-14-15-16-17-20-23-21(24)18-19-22(25)26;;/h2*2-20H2,1H3,(H,23,24)(H,25,26);;/q;;2*+1/p-2. The first-order valence-corrected chi connectivity index (χ1v) is 22.3. The quantitative estimate of drug-likeness (QED) is 0.0717. The molecule has 0 spiro atoms. The molecule has 0 radical (unpaired) electrons. The number of carbonyl (C=O) groups is 4. The normalized spacial score (nSPS) is 10.4. The van der Waals surface area contributed by atoms with Gasteiger partial charge in [0.05, 0.1) is 0 Å². The number of amides is 2. The second-order valence-electron chi connectivity index (χ2n) is 15.1. The second kappa shape index (κ2) is 52.9. The Morgan fingerprint density at radius 1 is 0.315 bits per heavy atom. The average molecular weight is 783 g/mol. The van der Waals surface area contributed by atoms with Gasteiger partial charge in [-0.15, -0.1) is 0 Å². The Morgan fingerprint density at radius 3 is 0.685 bits per heavy atom. The minimum absolute atomic E-state index is 0. The molecule has 0 aromatic carbocycles.